The number of sulfonamides is 1. The normalized spacial score (nSPS) is 20.4. The van der Waals surface area contributed by atoms with E-state index in [0.29, 0.717) is 12.4 Å². The molecule has 1 aliphatic rings. The highest BCUT2D eigenvalue weighted by Gasteiger charge is 2.31. The molecule has 1 aromatic heterocycles. The molecule has 1 saturated heterocycles. The fourth-order valence-corrected chi connectivity index (χ4v) is 3.65. The van der Waals surface area contributed by atoms with Gasteiger partial charge in [-0.05, 0) is 13.0 Å². The van der Waals surface area contributed by atoms with E-state index in [1.807, 2.05) is 6.92 Å². The minimum atomic E-state index is -3.66. The first kappa shape index (κ1) is 16.4. The lowest BCUT2D eigenvalue weighted by Gasteiger charge is -2.31. The minimum absolute atomic E-state index is 0.0610. The number of hydrogen-bond donors (Lipinski definition) is 1. The van der Waals surface area contributed by atoms with Gasteiger partial charge in [-0.15, -0.1) is 0 Å². The molecule has 9 heteroatoms. The molecule has 1 aromatic rings. The molecule has 0 radical (unpaired) electrons. The van der Waals surface area contributed by atoms with Gasteiger partial charge in [0.2, 0.25) is 10.0 Å². The predicted octanol–water partition coefficient (Wildman–Crippen LogP) is 1.16. The third-order valence-corrected chi connectivity index (χ3v) is 5.18. The summed E-state index contributed by atoms with van der Waals surface area (Å²) < 4.78 is 36.8. The van der Waals surface area contributed by atoms with E-state index in [1.165, 1.54) is 23.7 Å². The van der Waals surface area contributed by atoms with Gasteiger partial charge in [0.15, 0.2) is 6.29 Å². The van der Waals surface area contributed by atoms with Crippen LogP contribution in [0.4, 0.5) is 5.82 Å². The third kappa shape index (κ3) is 3.64. The van der Waals surface area contributed by atoms with E-state index in [1.54, 1.807) is 0 Å². The molecule has 118 valence electrons. The Morgan fingerprint density at radius 1 is 1.62 bits per heavy atom. The van der Waals surface area contributed by atoms with Crippen molar-refractivity contribution in [2.24, 2.45) is 0 Å². The van der Waals surface area contributed by atoms with Gasteiger partial charge in [0.05, 0.1) is 18.2 Å². The lowest BCUT2D eigenvalue weighted by molar-refractivity contribution is -0.151. The number of halogens is 1. The zero-order valence-corrected chi connectivity index (χ0v) is 13.4. The van der Waals surface area contributed by atoms with E-state index < -0.39 is 16.3 Å². The van der Waals surface area contributed by atoms with Crippen molar-refractivity contribution >= 4 is 27.4 Å². The second-order valence-corrected chi connectivity index (χ2v) is 6.78. The highest BCUT2D eigenvalue weighted by atomic mass is 35.5. The average molecular weight is 336 g/mol. The van der Waals surface area contributed by atoms with Crippen LogP contribution in [-0.4, -0.2) is 57.3 Å². The molecule has 1 fully saturated rings. The summed E-state index contributed by atoms with van der Waals surface area (Å²) >= 11 is 6.05. The van der Waals surface area contributed by atoms with Gasteiger partial charge in [-0.2, -0.15) is 4.31 Å². The molecular weight excluding hydrogens is 318 g/mol. The van der Waals surface area contributed by atoms with Crippen LogP contribution in [0, 0.1) is 0 Å². The molecule has 0 saturated carbocycles. The largest absolute Gasteiger partial charge is 0.369 e. The van der Waals surface area contributed by atoms with Crippen LogP contribution in [-0.2, 0) is 19.5 Å². The lowest BCUT2D eigenvalue weighted by Crippen LogP contribution is -2.46. The summed E-state index contributed by atoms with van der Waals surface area (Å²) in [5.41, 5.74) is 0. The van der Waals surface area contributed by atoms with Crippen LogP contribution < -0.4 is 5.32 Å². The summed E-state index contributed by atoms with van der Waals surface area (Å²) in [6.07, 6.45) is 0.745. The van der Waals surface area contributed by atoms with E-state index in [0.717, 1.165) is 0 Å². The zero-order valence-electron chi connectivity index (χ0n) is 11.9. The first-order valence-electron chi connectivity index (χ1n) is 6.53. The molecule has 2 heterocycles. The molecule has 0 bridgehead atoms. The second kappa shape index (κ2) is 6.89. The summed E-state index contributed by atoms with van der Waals surface area (Å²) in [6, 6.07) is 1.40. The van der Waals surface area contributed by atoms with Gasteiger partial charge in [-0.1, -0.05) is 11.6 Å². The van der Waals surface area contributed by atoms with Gasteiger partial charge < -0.3 is 14.8 Å². The maximum absolute atomic E-state index is 12.6. The van der Waals surface area contributed by atoms with Crippen LogP contribution in [0.5, 0.6) is 0 Å². The molecule has 0 amide bonds. The molecule has 21 heavy (non-hydrogen) atoms. The van der Waals surface area contributed by atoms with Crippen molar-refractivity contribution in [1.29, 1.82) is 0 Å². The quantitative estimate of drug-likeness (QED) is 0.869. The Morgan fingerprint density at radius 3 is 3.00 bits per heavy atom. The topological polar surface area (TPSA) is 80.8 Å². The fraction of sp³-hybridized carbons (Fsp3) is 0.583. The zero-order chi connectivity index (χ0) is 15.5. The number of rotatable bonds is 5. The van der Waals surface area contributed by atoms with E-state index in [9.17, 15) is 8.42 Å². The van der Waals surface area contributed by atoms with Crippen LogP contribution in [0.15, 0.2) is 17.2 Å². The van der Waals surface area contributed by atoms with Crippen LogP contribution >= 0.6 is 11.6 Å². The average Bonchev–Trinajstić information content (AvgIpc) is 2.49. The Bertz CT molecular complexity index is 596. The Morgan fingerprint density at radius 2 is 2.38 bits per heavy atom. The molecule has 0 spiro atoms. The number of nitrogens with zero attached hydrogens (tertiary/aromatic N) is 2. The summed E-state index contributed by atoms with van der Waals surface area (Å²) in [7, 11) is -2.18. The number of aromatic nitrogens is 1. The van der Waals surface area contributed by atoms with E-state index in [4.69, 9.17) is 21.1 Å². The Labute approximate surface area is 129 Å². The molecule has 1 aliphatic heterocycles. The molecule has 0 aromatic carbocycles. The smallest absolute Gasteiger partial charge is 0.244 e. The van der Waals surface area contributed by atoms with Gasteiger partial charge in [0, 0.05) is 26.4 Å². The van der Waals surface area contributed by atoms with Gasteiger partial charge in [-0.3, -0.25) is 0 Å². The summed E-state index contributed by atoms with van der Waals surface area (Å²) in [5.74, 6) is 0.467. The standard InChI is InChI=1S/C12H18ClN3O4S/c1-3-14-12-10(13)6-9(7-15-12)21(17,18)16-4-5-20-11(8-16)19-2/h6-7,11H,3-5,8H2,1-2H3,(H,14,15). The third-order valence-electron chi connectivity index (χ3n) is 3.06. The highest BCUT2D eigenvalue weighted by molar-refractivity contribution is 7.89. The number of pyridine rings is 1. The van der Waals surface area contributed by atoms with Crippen molar-refractivity contribution in [3.63, 3.8) is 0 Å². The first-order chi connectivity index (χ1) is 9.98. The van der Waals surface area contributed by atoms with Gasteiger partial charge in [-0.25, -0.2) is 13.4 Å². The Hall–Kier alpha value is -0.930. The number of ether oxygens (including phenoxy) is 2. The van der Waals surface area contributed by atoms with Crippen molar-refractivity contribution in [1.82, 2.24) is 9.29 Å². The number of nitrogens with one attached hydrogen (secondary N) is 1. The highest BCUT2D eigenvalue weighted by Crippen LogP contribution is 2.25. The molecule has 7 nitrogen and oxygen atoms in total. The Kier molecular flexibility index (Phi) is 5.39. The predicted molar refractivity (Wildman–Crippen MR) is 78.9 cm³/mol. The molecule has 2 rings (SSSR count). The van der Waals surface area contributed by atoms with Crippen molar-refractivity contribution in [2.45, 2.75) is 18.1 Å². The summed E-state index contributed by atoms with van der Waals surface area (Å²) in [5, 5.41) is 3.23. The van der Waals surface area contributed by atoms with Crippen LogP contribution in [0.3, 0.4) is 0 Å². The van der Waals surface area contributed by atoms with Crippen molar-refractivity contribution in [3.8, 4) is 0 Å². The van der Waals surface area contributed by atoms with Crippen molar-refractivity contribution < 1.29 is 17.9 Å². The van der Waals surface area contributed by atoms with Gasteiger partial charge in [0.25, 0.3) is 0 Å². The number of anilines is 1. The number of methoxy groups -OCH3 is 1. The van der Waals surface area contributed by atoms with Crippen molar-refractivity contribution in [2.75, 3.05) is 38.7 Å². The maximum Gasteiger partial charge on any atom is 0.244 e. The van der Waals surface area contributed by atoms with Crippen LogP contribution in [0.1, 0.15) is 6.92 Å². The monoisotopic (exact) mass is 335 g/mol. The van der Waals surface area contributed by atoms with E-state index >= 15 is 0 Å². The second-order valence-electron chi connectivity index (χ2n) is 4.43. The number of hydrogen-bond acceptors (Lipinski definition) is 6. The lowest BCUT2D eigenvalue weighted by atomic mass is 10.4. The molecular formula is C12H18ClN3O4S. The van der Waals surface area contributed by atoms with E-state index in [-0.39, 0.29) is 29.6 Å². The SMILES string of the molecule is CCNc1ncc(S(=O)(=O)N2CCOC(OC)C2)cc1Cl. The van der Waals surface area contributed by atoms with E-state index in [2.05, 4.69) is 10.3 Å². The minimum Gasteiger partial charge on any atom is -0.369 e. The molecule has 1 unspecified atom stereocenters. The van der Waals surface area contributed by atoms with Crippen LogP contribution in [0.2, 0.25) is 5.02 Å². The molecule has 1 atom stereocenters. The Balaban J connectivity index is 2.25. The van der Waals surface area contributed by atoms with Crippen molar-refractivity contribution in [3.05, 3.63) is 17.3 Å². The molecule has 0 aliphatic carbocycles. The summed E-state index contributed by atoms with van der Waals surface area (Å²) in [4.78, 5) is 4.12. The van der Waals surface area contributed by atoms with Gasteiger partial charge in [0.1, 0.15) is 10.7 Å². The van der Waals surface area contributed by atoms with Gasteiger partial charge >= 0.3 is 0 Å². The fourth-order valence-electron chi connectivity index (χ4n) is 1.97. The first-order valence-corrected chi connectivity index (χ1v) is 8.34. The summed E-state index contributed by atoms with van der Waals surface area (Å²) in [6.45, 7) is 3.26. The maximum atomic E-state index is 12.6. The molecule has 1 N–H and O–H groups in total. The van der Waals surface area contributed by atoms with Crippen LogP contribution in [0.25, 0.3) is 0 Å². The number of morpholine rings is 1.